The first-order valence-electron chi connectivity index (χ1n) is 7.53. The lowest BCUT2D eigenvalue weighted by molar-refractivity contribution is 0.0944. The van der Waals surface area contributed by atoms with Crippen LogP contribution in [0.25, 0.3) is 5.69 Å². The summed E-state index contributed by atoms with van der Waals surface area (Å²) in [5.74, 6) is -0.0458. The smallest absolute Gasteiger partial charge is 0.261 e. The summed E-state index contributed by atoms with van der Waals surface area (Å²) < 4.78 is 1.93. The number of thiophene rings is 1. The molecule has 0 spiro atoms. The van der Waals surface area contributed by atoms with E-state index < -0.39 is 0 Å². The maximum absolute atomic E-state index is 12.2. The second kappa shape index (κ2) is 6.38. The number of para-hydroxylation sites is 1. The number of rotatable bonds is 4. The zero-order valence-electron chi connectivity index (χ0n) is 13.4. The van der Waals surface area contributed by atoms with E-state index >= 15 is 0 Å². The molecule has 23 heavy (non-hydrogen) atoms. The van der Waals surface area contributed by atoms with Gasteiger partial charge in [-0.1, -0.05) is 24.3 Å². The van der Waals surface area contributed by atoms with E-state index in [1.54, 1.807) is 0 Å². The zero-order valence-corrected chi connectivity index (χ0v) is 14.2. The number of aromatic nitrogens is 2. The van der Waals surface area contributed by atoms with Gasteiger partial charge in [-0.3, -0.25) is 4.79 Å². The molecule has 0 unspecified atom stereocenters. The number of benzene rings is 1. The summed E-state index contributed by atoms with van der Waals surface area (Å²) in [5.41, 5.74) is 4.30. The largest absolute Gasteiger partial charge is 0.345 e. The average Bonchev–Trinajstić information content (AvgIpc) is 3.17. The van der Waals surface area contributed by atoms with Gasteiger partial charge in [-0.15, -0.1) is 11.3 Å². The van der Waals surface area contributed by atoms with E-state index in [1.807, 2.05) is 60.4 Å². The molecule has 1 aromatic carbocycles. The molecule has 2 heterocycles. The van der Waals surface area contributed by atoms with Crippen molar-refractivity contribution < 1.29 is 4.79 Å². The number of hydrogen-bond donors (Lipinski definition) is 1. The molecular formula is C18H19N3OS. The first-order chi connectivity index (χ1) is 11.1. The minimum absolute atomic E-state index is 0.0458. The van der Waals surface area contributed by atoms with Crippen LogP contribution in [0.1, 0.15) is 39.5 Å². The third-order valence-corrected chi connectivity index (χ3v) is 4.82. The Kier molecular flexibility index (Phi) is 4.30. The van der Waals surface area contributed by atoms with Crippen molar-refractivity contribution in [3.8, 4) is 5.69 Å². The van der Waals surface area contributed by atoms with Gasteiger partial charge in [0.15, 0.2) is 0 Å². The van der Waals surface area contributed by atoms with Crippen molar-refractivity contribution in [1.29, 1.82) is 0 Å². The van der Waals surface area contributed by atoms with Crippen LogP contribution < -0.4 is 5.32 Å². The van der Waals surface area contributed by atoms with Crippen LogP contribution in [0.5, 0.6) is 0 Å². The van der Waals surface area contributed by atoms with Gasteiger partial charge in [-0.25, -0.2) is 4.68 Å². The Hall–Kier alpha value is -2.40. The summed E-state index contributed by atoms with van der Waals surface area (Å²) in [7, 11) is 0. The Labute approximate surface area is 139 Å². The number of nitrogens with zero attached hydrogens (tertiary/aromatic N) is 2. The highest BCUT2D eigenvalue weighted by Gasteiger charge is 2.17. The third kappa shape index (κ3) is 3.05. The average molecular weight is 325 g/mol. The van der Waals surface area contributed by atoms with E-state index in [4.69, 9.17) is 0 Å². The fourth-order valence-corrected chi connectivity index (χ4v) is 3.27. The lowest BCUT2D eigenvalue weighted by Gasteiger charge is -2.14. The molecule has 0 aliphatic rings. The molecule has 0 aliphatic heterocycles. The fourth-order valence-electron chi connectivity index (χ4n) is 2.64. The maximum atomic E-state index is 12.2. The van der Waals surface area contributed by atoms with E-state index in [9.17, 15) is 4.79 Å². The summed E-state index contributed by atoms with van der Waals surface area (Å²) in [5, 5.41) is 9.45. The lowest BCUT2D eigenvalue weighted by atomic mass is 10.1. The van der Waals surface area contributed by atoms with Crippen molar-refractivity contribution in [1.82, 2.24) is 15.1 Å². The molecule has 0 fully saturated rings. The summed E-state index contributed by atoms with van der Waals surface area (Å²) in [6, 6.07) is 11.8. The molecule has 1 N–H and O–H groups in total. The summed E-state index contributed by atoms with van der Waals surface area (Å²) in [6.45, 7) is 6.08. The van der Waals surface area contributed by atoms with Gasteiger partial charge in [0.05, 0.1) is 22.8 Å². The van der Waals surface area contributed by atoms with Gasteiger partial charge in [0.1, 0.15) is 0 Å². The Morgan fingerprint density at radius 3 is 2.70 bits per heavy atom. The molecule has 118 valence electrons. The molecule has 0 saturated carbocycles. The van der Waals surface area contributed by atoms with Crippen molar-refractivity contribution >= 4 is 17.2 Å². The highest BCUT2D eigenvalue weighted by molar-refractivity contribution is 7.12. The van der Waals surface area contributed by atoms with Crippen LogP contribution in [0.15, 0.2) is 48.0 Å². The van der Waals surface area contributed by atoms with Gasteiger partial charge >= 0.3 is 0 Å². The first-order valence-corrected chi connectivity index (χ1v) is 8.41. The second-order valence-corrected chi connectivity index (χ2v) is 6.50. The number of aryl methyl sites for hydroxylation is 1. The van der Waals surface area contributed by atoms with Gasteiger partial charge in [0.2, 0.25) is 0 Å². The number of amides is 1. The molecule has 5 heteroatoms. The van der Waals surface area contributed by atoms with E-state index in [-0.39, 0.29) is 11.9 Å². The number of nitrogens with one attached hydrogen (secondary N) is 1. The van der Waals surface area contributed by atoms with Crippen LogP contribution >= 0.6 is 11.3 Å². The molecule has 1 atom stereocenters. The molecule has 1 amide bonds. The quantitative estimate of drug-likeness (QED) is 0.787. The molecule has 4 nitrogen and oxygen atoms in total. The van der Waals surface area contributed by atoms with Crippen LogP contribution in [0.3, 0.4) is 0 Å². The summed E-state index contributed by atoms with van der Waals surface area (Å²) in [6.07, 6.45) is 1.83. The van der Waals surface area contributed by atoms with Crippen molar-refractivity contribution in [2.75, 3.05) is 0 Å². The van der Waals surface area contributed by atoms with E-state index in [0.29, 0.717) is 0 Å². The van der Waals surface area contributed by atoms with Crippen LogP contribution in [-0.4, -0.2) is 15.7 Å². The molecule has 0 radical (unpaired) electrons. The van der Waals surface area contributed by atoms with Gasteiger partial charge in [0.25, 0.3) is 5.91 Å². The molecule has 2 aromatic heterocycles. The van der Waals surface area contributed by atoms with E-state index in [2.05, 4.69) is 23.4 Å². The van der Waals surface area contributed by atoms with Crippen LogP contribution in [0.4, 0.5) is 0 Å². The maximum Gasteiger partial charge on any atom is 0.261 e. The summed E-state index contributed by atoms with van der Waals surface area (Å²) >= 11 is 1.44. The zero-order chi connectivity index (χ0) is 16.4. The van der Waals surface area contributed by atoms with E-state index in [1.165, 1.54) is 16.9 Å². The van der Waals surface area contributed by atoms with Gasteiger partial charge < -0.3 is 5.32 Å². The minimum atomic E-state index is -0.0950. The summed E-state index contributed by atoms with van der Waals surface area (Å²) in [4.78, 5) is 12.9. The number of carbonyl (C=O) groups is 1. The topological polar surface area (TPSA) is 46.9 Å². The molecular weight excluding hydrogens is 306 g/mol. The highest BCUT2D eigenvalue weighted by Crippen LogP contribution is 2.22. The molecule has 0 saturated heterocycles. The van der Waals surface area contributed by atoms with Gasteiger partial charge in [-0.05, 0) is 43.8 Å². The monoisotopic (exact) mass is 325 g/mol. The first kappa shape index (κ1) is 15.5. The minimum Gasteiger partial charge on any atom is -0.345 e. The Balaban J connectivity index is 1.84. The molecule has 3 rings (SSSR count). The standard InChI is InChI=1S/C18H19N3OS/c1-12-7-4-5-8-16(12)21-14(3)15(11-19-21)13(2)20-18(22)17-9-6-10-23-17/h4-11,13H,1-3H3,(H,20,22)/t13-/m0/s1. The molecule has 0 bridgehead atoms. The van der Waals surface area contributed by atoms with Crippen LogP contribution in [0, 0.1) is 13.8 Å². The molecule has 3 aromatic rings. The van der Waals surface area contributed by atoms with Gasteiger partial charge in [0, 0.05) is 11.3 Å². The van der Waals surface area contributed by atoms with Gasteiger partial charge in [-0.2, -0.15) is 5.10 Å². The Bertz CT molecular complexity index is 821. The lowest BCUT2D eigenvalue weighted by Crippen LogP contribution is -2.26. The SMILES string of the molecule is Cc1ccccc1-n1ncc([C@H](C)NC(=O)c2cccs2)c1C. The Morgan fingerprint density at radius 1 is 1.22 bits per heavy atom. The van der Waals surface area contributed by atoms with Crippen molar-refractivity contribution in [2.45, 2.75) is 26.8 Å². The van der Waals surface area contributed by atoms with Crippen molar-refractivity contribution in [3.63, 3.8) is 0 Å². The fraction of sp³-hybridized carbons (Fsp3) is 0.222. The predicted molar refractivity (Wildman–Crippen MR) is 93.2 cm³/mol. The van der Waals surface area contributed by atoms with E-state index in [0.717, 1.165) is 21.8 Å². The second-order valence-electron chi connectivity index (χ2n) is 5.56. The van der Waals surface area contributed by atoms with Crippen LogP contribution in [-0.2, 0) is 0 Å². The van der Waals surface area contributed by atoms with Crippen molar-refractivity contribution in [2.24, 2.45) is 0 Å². The number of hydrogen-bond acceptors (Lipinski definition) is 3. The normalized spacial score (nSPS) is 12.1. The van der Waals surface area contributed by atoms with Crippen molar-refractivity contribution in [3.05, 3.63) is 69.7 Å². The predicted octanol–water partition coefficient (Wildman–Crippen LogP) is 4.04. The molecule has 0 aliphatic carbocycles. The van der Waals surface area contributed by atoms with Crippen LogP contribution in [0.2, 0.25) is 0 Å². The third-order valence-electron chi connectivity index (χ3n) is 3.95. The number of carbonyl (C=O) groups excluding carboxylic acids is 1. The Morgan fingerprint density at radius 2 is 2.00 bits per heavy atom. The highest BCUT2D eigenvalue weighted by atomic mass is 32.1.